The molecule has 4 N–H and O–H groups in total. The molecule has 0 bridgehead atoms. The molecule has 0 unspecified atom stereocenters. The van der Waals surface area contributed by atoms with E-state index in [9.17, 15) is 19.8 Å². The molecule has 150 valence electrons. The van der Waals surface area contributed by atoms with Crippen molar-refractivity contribution in [1.82, 2.24) is 10.9 Å². The molecule has 8 nitrogen and oxygen atoms in total. The van der Waals surface area contributed by atoms with E-state index in [1.165, 1.54) is 0 Å². The Morgan fingerprint density at radius 1 is 0.769 bits per heavy atom. The van der Waals surface area contributed by atoms with E-state index in [2.05, 4.69) is 21.1 Å². The van der Waals surface area contributed by atoms with Gasteiger partial charge in [0.1, 0.15) is 0 Å². The zero-order valence-electron chi connectivity index (χ0n) is 16.8. The van der Waals surface area contributed by atoms with Gasteiger partial charge in [0.15, 0.2) is 0 Å². The van der Waals surface area contributed by atoms with Gasteiger partial charge in [-0.15, -0.1) is 0 Å². The Balaban J connectivity index is 3.98. The molecular weight excluding hydrogens is 336 g/mol. The van der Waals surface area contributed by atoms with Crippen molar-refractivity contribution in [3.63, 3.8) is 0 Å². The quantitative estimate of drug-likeness (QED) is 0.252. The topological polar surface area (TPSA) is 123 Å². The minimum atomic E-state index is -0.862. The molecule has 0 spiro atoms. The molecular formula is C18H34N4O4. The van der Waals surface area contributed by atoms with Crippen LogP contribution in [0.1, 0.15) is 80.1 Å². The second-order valence-corrected chi connectivity index (χ2v) is 7.95. The van der Waals surface area contributed by atoms with Crippen LogP contribution in [-0.2, 0) is 9.59 Å². The Labute approximate surface area is 156 Å². The maximum atomic E-state index is 11.7. The van der Waals surface area contributed by atoms with Crippen LogP contribution in [0, 0.1) is 0 Å². The van der Waals surface area contributed by atoms with E-state index in [0.717, 1.165) is 0 Å². The largest absolute Gasteiger partial charge is 0.390 e. The first-order valence-electron chi connectivity index (χ1n) is 8.87. The SMILES string of the molecule is C/C(CC(C)(C)O)=N/NC(=O)CCCCC(=O)N/N=C(/C)CC(C)(C)O. The first-order valence-corrected chi connectivity index (χ1v) is 8.87. The number of aliphatic hydroxyl groups is 2. The average Bonchev–Trinajstić information content (AvgIpc) is 2.44. The molecule has 26 heavy (non-hydrogen) atoms. The summed E-state index contributed by atoms with van der Waals surface area (Å²) in [6.07, 6.45) is 2.42. The zero-order chi connectivity index (χ0) is 20.4. The molecule has 0 aliphatic carbocycles. The van der Waals surface area contributed by atoms with Gasteiger partial charge < -0.3 is 10.2 Å². The third-order valence-corrected chi connectivity index (χ3v) is 3.18. The summed E-state index contributed by atoms with van der Waals surface area (Å²) >= 11 is 0. The molecule has 0 aromatic heterocycles. The highest BCUT2D eigenvalue weighted by atomic mass is 16.3. The van der Waals surface area contributed by atoms with Crippen LogP contribution in [0.5, 0.6) is 0 Å². The lowest BCUT2D eigenvalue weighted by molar-refractivity contribution is -0.123. The summed E-state index contributed by atoms with van der Waals surface area (Å²) in [5.41, 5.74) is 4.46. The number of hydrogen-bond acceptors (Lipinski definition) is 6. The van der Waals surface area contributed by atoms with E-state index in [0.29, 0.717) is 37.1 Å². The van der Waals surface area contributed by atoms with Gasteiger partial charge in [0.2, 0.25) is 11.8 Å². The third-order valence-electron chi connectivity index (χ3n) is 3.18. The average molecular weight is 370 g/mol. The molecule has 0 heterocycles. The van der Waals surface area contributed by atoms with Crippen LogP contribution in [0.3, 0.4) is 0 Å². The monoisotopic (exact) mass is 370 g/mol. The number of hydrogen-bond donors (Lipinski definition) is 4. The molecule has 0 aliphatic heterocycles. The minimum absolute atomic E-state index is 0.223. The zero-order valence-corrected chi connectivity index (χ0v) is 16.8. The molecule has 0 fully saturated rings. The summed E-state index contributed by atoms with van der Waals surface area (Å²) in [6, 6.07) is 0. The highest BCUT2D eigenvalue weighted by molar-refractivity contribution is 5.85. The Kier molecular flexibility index (Phi) is 10.3. The summed E-state index contributed by atoms with van der Waals surface area (Å²) in [4.78, 5) is 23.4. The van der Waals surface area contributed by atoms with Gasteiger partial charge >= 0.3 is 0 Å². The molecule has 0 atom stereocenters. The number of nitrogens with one attached hydrogen (secondary N) is 2. The summed E-state index contributed by atoms with van der Waals surface area (Å²) in [5.74, 6) is -0.445. The maximum absolute atomic E-state index is 11.7. The van der Waals surface area contributed by atoms with Gasteiger partial charge in [-0.1, -0.05) is 0 Å². The summed E-state index contributed by atoms with van der Waals surface area (Å²) < 4.78 is 0. The fourth-order valence-corrected chi connectivity index (χ4v) is 2.33. The highest BCUT2D eigenvalue weighted by Crippen LogP contribution is 2.09. The van der Waals surface area contributed by atoms with Crippen molar-refractivity contribution in [3.05, 3.63) is 0 Å². The van der Waals surface area contributed by atoms with Gasteiger partial charge in [0.25, 0.3) is 0 Å². The number of carbonyl (C=O) groups is 2. The van der Waals surface area contributed by atoms with Gasteiger partial charge in [0, 0.05) is 37.1 Å². The number of nitrogens with zero attached hydrogens (tertiary/aromatic N) is 2. The number of rotatable bonds is 11. The van der Waals surface area contributed by atoms with Crippen LogP contribution >= 0.6 is 0 Å². The van der Waals surface area contributed by atoms with Crippen LogP contribution in [0.2, 0.25) is 0 Å². The first-order chi connectivity index (χ1) is 11.8. The molecule has 0 aliphatic rings. The normalized spacial score (nSPS) is 13.5. The highest BCUT2D eigenvalue weighted by Gasteiger charge is 2.15. The van der Waals surface area contributed by atoms with Crippen molar-refractivity contribution in [2.45, 2.75) is 91.3 Å². The van der Waals surface area contributed by atoms with Gasteiger partial charge in [0.05, 0.1) is 11.2 Å². The lowest BCUT2D eigenvalue weighted by Crippen LogP contribution is -2.25. The number of hydrazone groups is 2. The second kappa shape index (κ2) is 11.0. The minimum Gasteiger partial charge on any atom is -0.390 e. The van der Waals surface area contributed by atoms with E-state index < -0.39 is 11.2 Å². The van der Waals surface area contributed by atoms with Crippen molar-refractivity contribution in [2.24, 2.45) is 10.2 Å². The van der Waals surface area contributed by atoms with Gasteiger partial charge in [-0.2, -0.15) is 10.2 Å². The van der Waals surface area contributed by atoms with E-state index in [-0.39, 0.29) is 24.7 Å². The number of amides is 2. The predicted molar refractivity (Wildman–Crippen MR) is 103 cm³/mol. The molecule has 0 radical (unpaired) electrons. The van der Waals surface area contributed by atoms with Gasteiger partial charge in [-0.05, 0) is 54.4 Å². The van der Waals surface area contributed by atoms with Crippen LogP contribution in [0.15, 0.2) is 10.2 Å². The van der Waals surface area contributed by atoms with E-state index in [1.54, 1.807) is 41.5 Å². The first kappa shape index (κ1) is 24.2. The fourth-order valence-electron chi connectivity index (χ4n) is 2.33. The molecule has 0 rings (SSSR count). The van der Waals surface area contributed by atoms with Crippen molar-refractivity contribution in [3.8, 4) is 0 Å². The number of carbonyl (C=O) groups excluding carboxylic acids is 2. The fraction of sp³-hybridized carbons (Fsp3) is 0.778. The third kappa shape index (κ3) is 15.7. The van der Waals surface area contributed by atoms with Gasteiger partial charge in [-0.3, -0.25) is 9.59 Å². The number of unbranched alkanes of at least 4 members (excludes halogenated alkanes) is 1. The Morgan fingerprint density at radius 2 is 1.08 bits per heavy atom. The van der Waals surface area contributed by atoms with Crippen LogP contribution in [0.25, 0.3) is 0 Å². The Bertz CT molecular complexity index is 480. The molecule has 2 amide bonds. The molecule has 0 saturated heterocycles. The standard InChI is InChI=1S/C18H34N4O4/c1-13(11-17(3,4)25)19-21-15(23)9-7-8-10-16(24)22-20-14(2)12-18(5,6)26/h25-26H,7-12H2,1-6H3,(H,21,23)(H,22,24)/b19-13-,20-14-. The lowest BCUT2D eigenvalue weighted by Gasteiger charge is -2.16. The van der Waals surface area contributed by atoms with Crippen LogP contribution < -0.4 is 10.9 Å². The van der Waals surface area contributed by atoms with Gasteiger partial charge in [-0.25, -0.2) is 10.9 Å². The van der Waals surface area contributed by atoms with Crippen LogP contribution in [0.4, 0.5) is 0 Å². The summed E-state index contributed by atoms with van der Waals surface area (Å²) in [7, 11) is 0. The molecule has 0 saturated carbocycles. The lowest BCUT2D eigenvalue weighted by atomic mass is 10.0. The Morgan fingerprint density at radius 3 is 1.35 bits per heavy atom. The molecule has 0 aromatic rings. The van der Waals surface area contributed by atoms with Crippen LogP contribution in [-0.4, -0.2) is 44.7 Å². The smallest absolute Gasteiger partial charge is 0.240 e. The van der Waals surface area contributed by atoms with E-state index in [4.69, 9.17) is 0 Å². The van der Waals surface area contributed by atoms with Crippen molar-refractivity contribution < 1.29 is 19.8 Å². The Hall–Kier alpha value is -1.80. The van der Waals surface area contributed by atoms with Crippen molar-refractivity contribution in [2.75, 3.05) is 0 Å². The second-order valence-electron chi connectivity index (χ2n) is 7.95. The van der Waals surface area contributed by atoms with Crippen molar-refractivity contribution >= 4 is 23.2 Å². The van der Waals surface area contributed by atoms with Crippen molar-refractivity contribution in [1.29, 1.82) is 0 Å². The molecule has 8 heteroatoms. The predicted octanol–water partition coefficient (Wildman–Crippen LogP) is 1.85. The van der Waals surface area contributed by atoms with E-state index in [1.807, 2.05) is 0 Å². The molecule has 0 aromatic carbocycles. The maximum Gasteiger partial charge on any atom is 0.240 e. The summed E-state index contributed by atoms with van der Waals surface area (Å²) in [5, 5.41) is 27.2. The summed E-state index contributed by atoms with van der Waals surface area (Å²) in [6.45, 7) is 10.2. The van der Waals surface area contributed by atoms with E-state index >= 15 is 0 Å².